The van der Waals surface area contributed by atoms with Crippen LogP contribution >= 0.6 is 11.3 Å². The van der Waals surface area contributed by atoms with Gasteiger partial charge in [-0.1, -0.05) is 19.8 Å². The molecule has 3 rings (SSSR count). The molecule has 0 bridgehead atoms. The fraction of sp³-hybridized carbons (Fsp3) is 0.300. The number of hydrogen-bond acceptors (Lipinski definition) is 5. The van der Waals surface area contributed by atoms with Crippen molar-refractivity contribution < 1.29 is 17.9 Å². The quantitative estimate of drug-likeness (QED) is 0.431. The number of thiazole rings is 1. The second-order valence-electron chi connectivity index (χ2n) is 6.17. The van der Waals surface area contributed by atoms with E-state index in [4.69, 9.17) is 4.74 Å². The molecule has 2 aromatic heterocycles. The molecule has 0 saturated carbocycles. The summed E-state index contributed by atoms with van der Waals surface area (Å²) in [7, 11) is 0. The molecule has 0 atom stereocenters. The standard InChI is InChI=1S/C20H20F3N3OS/c1-2-3-4-10-27-17-8-7-15(11-16(17)20(21,22)23)25-18-13-28-19(26-18)14-6-5-9-24-12-14/h5-9,11-13,25H,2-4,10H2,1H3. The van der Waals surface area contributed by atoms with Crippen molar-refractivity contribution in [3.8, 4) is 16.3 Å². The lowest BCUT2D eigenvalue weighted by Crippen LogP contribution is -2.10. The first-order valence-electron chi connectivity index (χ1n) is 8.94. The number of rotatable bonds is 8. The largest absolute Gasteiger partial charge is 0.493 e. The number of ether oxygens (including phenoxy) is 1. The van der Waals surface area contributed by atoms with Crippen molar-refractivity contribution in [3.63, 3.8) is 0 Å². The summed E-state index contributed by atoms with van der Waals surface area (Å²) >= 11 is 1.39. The van der Waals surface area contributed by atoms with Crippen LogP contribution in [0.5, 0.6) is 5.75 Å². The van der Waals surface area contributed by atoms with Crippen LogP contribution in [0.4, 0.5) is 24.7 Å². The molecular formula is C20H20F3N3OS. The average molecular weight is 407 g/mol. The highest BCUT2D eigenvalue weighted by atomic mass is 32.1. The number of benzene rings is 1. The topological polar surface area (TPSA) is 47.0 Å². The summed E-state index contributed by atoms with van der Waals surface area (Å²) in [6.45, 7) is 2.30. The van der Waals surface area contributed by atoms with Gasteiger partial charge in [0.25, 0.3) is 0 Å². The van der Waals surface area contributed by atoms with Gasteiger partial charge in [-0.05, 0) is 36.8 Å². The number of halogens is 3. The van der Waals surface area contributed by atoms with Crippen LogP contribution in [0.1, 0.15) is 31.7 Å². The van der Waals surface area contributed by atoms with Crippen LogP contribution in [-0.2, 0) is 6.18 Å². The third-order valence-corrected chi connectivity index (χ3v) is 4.87. The Kier molecular flexibility index (Phi) is 6.51. The summed E-state index contributed by atoms with van der Waals surface area (Å²) in [6, 6.07) is 7.65. The van der Waals surface area contributed by atoms with E-state index in [1.54, 1.807) is 29.9 Å². The van der Waals surface area contributed by atoms with Gasteiger partial charge in [-0.25, -0.2) is 4.98 Å². The number of nitrogens with zero attached hydrogens (tertiary/aromatic N) is 2. The number of anilines is 2. The molecule has 0 aliphatic rings. The zero-order chi connectivity index (χ0) is 20.0. The van der Waals surface area contributed by atoms with Crippen LogP contribution in [0.15, 0.2) is 48.1 Å². The number of aromatic nitrogens is 2. The summed E-state index contributed by atoms with van der Waals surface area (Å²) in [4.78, 5) is 8.46. The number of alkyl halides is 3. The van der Waals surface area contributed by atoms with Gasteiger partial charge in [0.05, 0.1) is 12.2 Å². The lowest BCUT2D eigenvalue weighted by molar-refractivity contribution is -0.138. The number of hydrogen-bond donors (Lipinski definition) is 1. The van der Waals surface area contributed by atoms with Gasteiger partial charge in [-0.3, -0.25) is 4.98 Å². The van der Waals surface area contributed by atoms with Crippen LogP contribution in [0.2, 0.25) is 0 Å². The van der Waals surface area contributed by atoms with E-state index in [1.165, 1.54) is 17.4 Å². The Morgan fingerprint density at radius 3 is 2.75 bits per heavy atom. The first-order valence-corrected chi connectivity index (χ1v) is 9.82. The second-order valence-corrected chi connectivity index (χ2v) is 7.03. The third kappa shape index (κ3) is 5.22. The highest BCUT2D eigenvalue weighted by molar-refractivity contribution is 7.13. The zero-order valence-electron chi connectivity index (χ0n) is 15.3. The Labute approximate surface area is 165 Å². The van der Waals surface area contributed by atoms with E-state index >= 15 is 0 Å². The molecule has 0 fully saturated rings. The molecule has 28 heavy (non-hydrogen) atoms. The van der Waals surface area contributed by atoms with Gasteiger partial charge in [0.1, 0.15) is 16.6 Å². The molecule has 0 aliphatic heterocycles. The zero-order valence-corrected chi connectivity index (χ0v) is 16.1. The van der Waals surface area contributed by atoms with Gasteiger partial charge in [-0.15, -0.1) is 11.3 Å². The second kappa shape index (κ2) is 9.05. The van der Waals surface area contributed by atoms with Crippen molar-refractivity contribution in [1.29, 1.82) is 0 Å². The molecule has 0 amide bonds. The van der Waals surface area contributed by atoms with E-state index in [1.807, 2.05) is 13.0 Å². The summed E-state index contributed by atoms with van der Waals surface area (Å²) < 4.78 is 45.7. The van der Waals surface area contributed by atoms with E-state index in [0.29, 0.717) is 11.5 Å². The van der Waals surface area contributed by atoms with Crippen LogP contribution in [0, 0.1) is 0 Å². The fourth-order valence-electron chi connectivity index (χ4n) is 2.59. The first kappa shape index (κ1) is 20.1. The molecule has 0 radical (unpaired) electrons. The van der Waals surface area contributed by atoms with E-state index in [-0.39, 0.29) is 12.4 Å². The van der Waals surface area contributed by atoms with E-state index in [2.05, 4.69) is 15.3 Å². The van der Waals surface area contributed by atoms with Crippen molar-refractivity contribution in [2.45, 2.75) is 32.4 Å². The number of pyridine rings is 1. The molecule has 0 unspecified atom stereocenters. The average Bonchev–Trinajstić information content (AvgIpc) is 3.14. The van der Waals surface area contributed by atoms with Gasteiger partial charge in [0.15, 0.2) is 0 Å². The van der Waals surface area contributed by atoms with Crippen molar-refractivity contribution in [3.05, 3.63) is 53.7 Å². The van der Waals surface area contributed by atoms with Crippen LogP contribution < -0.4 is 10.1 Å². The molecular weight excluding hydrogens is 387 g/mol. The molecule has 0 saturated heterocycles. The number of unbranched alkanes of at least 4 members (excludes halogenated alkanes) is 2. The molecule has 2 heterocycles. The lowest BCUT2D eigenvalue weighted by Gasteiger charge is -2.15. The maximum Gasteiger partial charge on any atom is 0.420 e. The Hall–Kier alpha value is -2.61. The minimum atomic E-state index is -4.50. The van der Waals surface area contributed by atoms with Crippen molar-refractivity contribution in [1.82, 2.24) is 9.97 Å². The predicted octanol–water partition coefficient (Wildman–Crippen LogP) is 6.54. The maximum atomic E-state index is 13.4. The van der Waals surface area contributed by atoms with Crippen molar-refractivity contribution >= 4 is 22.8 Å². The fourth-order valence-corrected chi connectivity index (χ4v) is 3.33. The smallest absolute Gasteiger partial charge is 0.420 e. The lowest BCUT2D eigenvalue weighted by atomic mass is 10.1. The molecule has 148 valence electrons. The van der Waals surface area contributed by atoms with Gasteiger partial charge >= 0.3 is 6.18 Å². The van der Waals surface area contributed by atoms with Gasteiger partial charge < -0.3 is 10.1 Å². The highest BCUT2D eigenvalue weighted by Crippen LogP contribution is 2.38. The third-order valence-electron chi connectivity index (χ3n) is 3.98. The SMILES string of the molecule is CCCCCOc1ccc(Nc2csc(-c3cccnc3)n2)cc1C(F)(F)F. The minimum absolute atomic E-state index is 0.150. The Balaban J connectivity index is 1.76. The Morgan fingerprint density at radius 1 is 1.18 bits per heavy atom. The van der Waals surface area contributed by atoms with Gasteiger partial charge in [-0.2, -0.15) is 13.2 Å². The van der Waals surface area contributed by atoms with Crippen molar-refractivity contribution in [2.24, 2.45) is 0 Å². The Morgan fingerprint density at radius 2 is 2.04 bits per heavy atom. The molecule has 3 aromatic rings. The van der Waals surface area contributed by atoms with Crippen LogP contribution in [0.3, 0.4) is 0 Å². The predicted molar refractivity (Wildman–Crippen MR) is 105 cm³/mol. The first-order chi connectivity index (χ1) is 13.5. The molecule has 8 heteroatoms. The molecule has 4 nitrogen and oxygen atoms in total. The van der Waals surface area contributed by atoms with Gasteiger partial charge in [0, 0.05) is 29.0 Å². The van der Waals surface area contributed by atoms with Crippen LogP contribution in [-0.4, -0.2) is 16.6 Å². The maximum absolute atomic E-state index is 13.4. The normalized spacial score (nSPS) is 11.4. The minimum Gasteiger partial charge on any atom is -0.493 e. The van der Waals surface area contributed by atoms with Crippen LogP contribution in [0.25, 0.3) is 10.6 Å². The molecule has 1 aromatic carbocycles. The van der Waals surface area contributed by atoms with E-state index in [0.717, 1.165) is 35.9 Å². The van der Waals surface area contributed by atoms with E-state index in [9.17, 15) is 13.2 Å². The monoisotopic (exact) mass is 407 g/mol. The summed E-state index contributed by atoms with van der Waals surface area (Å²) in [5.74, 6) is 0.331. The summed E-state index contributed by atoms with van der Waals surface area (Å²) in [6.07, 6.45) is 1.48. The summed E-state index contributed by atoms with van der Waals surface area (Å²) in [5.41, 5.74) is 0.361. The number of nitrogens with one attached hydrogen (secondary N) is 1. The molecule has 0 aliphatic carbocycles. The molecule has 1 N–H and O–H groups in total. The highest BCUT2D eigenvalue weighted by Gasteiger charge is 2.34. The molecule has 0 spiro atoms. The Bertz CT molecular complexity index is 897. The van der Waals surface area contributed by atoms with E-state index < -0.39 is 11.7 Å². The summed E-state index contributed by atoms with van der Waals surface area (Å²) in [5, 5.41) is 5.43. The van der Waals surface area contributed by atoms with Gasteiger partial charge in [0.2, 0.25) is 0 Å². The van der Waals surface area contributed by atoms with Crippen molar-refractivity contribution in [2.75, 3.05) is 11.9 Å².